The maximum Gasteiger partial charge on any atom is 0.410 e. The lowest BCUT2D eigenvalue weighted by atomic mass is 9.95. The molecule has 134 valence electrons. The lowest BCUT2D eigenvalue weighted by Crippen LogP contribution is -2.40. The van der Waals surface area contributed by atoms with E-state index in [-0.39, 0.29) is 12.3 Å². The number of amides is 1. The van der Waals surface area contributed by atoms with E-state index in [1.165, 1.54) is 6.92 Å². The third-order valence-electron chi connectivity index (χ3n) is 3.24. The lowest BCUT2D eigenvalue weighted by molar-refractivity contribution is -0.168. The number of aliphatic carboxylic acids is 1. The fraction of sp³-hybridized carbons (Fsp3) is 0.812. The van der Waals surface area contributed by atoms with Crippen molar-refractivity contribution < 1.29 is 29.0 Å². The standard InChI is InChI=1S/C16H29NO6/c1-6-7-11(4)8-13(9-14(18)19)17-16(21)23-12(5)22-15(20)10(2)3/h10-13H,6-9H2,1-5H3,(H,17,21)(H,18,19)/t11?,12-,13?/m1/s1. The fourth-order valence-corrected chi connectivity index (χ4v) is 2.18. The Hall–Kier alpha value is -1.79. The van der Waals surface area contributed by atoms with Crippen LogP contribution in [0.15, 0.2) is 0 Å². The molecule has 0 radical (unpaired) electrons. The first-order valence-corrected chi connectivity index (χ1v) is 8.05. The minimum absolute atomic E-state index is 0.177. The lowest BCUT2D eigenvalue weighted by Gasteiger charge is -2.22. The summed E-state index contributed by atoms with van der Waals surface area (Å²) in [6, 6.07) is -0.519. The summed E-state index contributed by atoms with van der Waals surface area (Å²) in [6.07, 6.45) is 0.508. The molecule has 1 amide bonds. The molecule has 0 aromatic rings. The Balaban J connectivity index is 4.46. The zero-order valence-corrected chi connectivity index (χ0v) is 14.6. The highest BCUT2D eigenvalue weighted by Gasteiger charge is 2.22. The molecule has 0 rings (SSSR count). The summed E-state index contributed by atoms with van der Waals surface area (Å²) in [5.74, 6) is -1.48. The summed E-state index contributed by atoms with van der Waals surface area (Å²) in [7, 11) is 0. The summed E-state index contributed by atoms with van der Waals surface area (Å²) in [4.78, 5) is 34.1. The number of carbonyl (C=O) groups is 3. The van der Waals surface area contributed by atoms with Gasteiger partial charge in [-0.25, -0.2) is 4.79 Å². The molecule has 0 aliphatic rings. The molecule has 0 saturated carbocycles. The van der Waals surface area contributed by atoms with Gasteiger partial charge in [-0.2, -0.15) is 0 Å². The Bertz CT molecular complexity index is 396. The highest BCUT2D eigenvalue weighted by Crippen LogP contribution is 2.15. The Morgan fingerprint density at radius 1 is 1.09 bits per heavy atom. The minimum atomic E-state index is -1.02. The monoisotopic (exact) mass is 331 g/mol. The van der Waals surface area contributed by atoms with Crippen molar-refractivity contribution in [2.24, 2.45) is 11.8 Å². The number of ether oxygens (including phenoxy) is 2. The van der Waals surface area contributed by atoms with Crippen molar-refractivity contribution in [1.82, 2.24) is 5.32 Å². The van der Waals surface area contributed by atoms with E-state index in [0.717, 1.165) is 12.8 Å². The van der Waals surface area contributed by atoms with E-state index in [0.29, 0.717) is 12.3 Å². The van der Waals surface area contributed by atoms with Crippen LogP contribution in [0.3, 0.4) is 0 Å². The highest BCUT2D eigenvalue weighted by atomic mass is 16.7. The molecule has 7 heteroatoms. The van der Waals surface area contributed by atoms with Crippen molar-refractivity contribution in [2.45, 2.75) is 72.6 Å². The SMILES string of the molecule is CCCC(C)CC(CC(=O)O)NC(=O)O[C@H](C)OC(=O)C(C)C. The molecule has 2 N–H and O–H groups in total. The van der Waals surface area contributed by atoms with Crippen molar-refractivity contribution in [1.29, 1.82) is 0 Å². The van der Waals surface area contributed by atoms with Crippen molar-refractivity contribution in [3.63, 3.8) is 0 Å². The van der Waals surface area contributed by atoms with Gasteiger partial charge in [0.05, 0.1) is 12.3 Å². The second-order valence-electron chi connectivity index (χ2n) is 6.13. The highest BCUT2D eigenvalue weighted by molar-refractivity contribution is 5.73. The molecule has 0 aromatic heterocycles. The normalized spacial score (nSPS) is 14.7. The van der Waals surface area contributed by atoms with Gasteiger partial charge in [0.1, 0.15) is 0 Å². The van der Waals surface area contributed by atoms with E-state index in [2.05, 4.69) is 12.2 Å². The maximum absolute atomic E-state index is 11.8. The van der Waals surface area contributed by atoms with E-state index in [4.69, 9.17) is 14.6 Å². The smallest absolute Gasteiger partial charge is 0.410 e. The van der Waals surface area contributed by atoms with Crippen LogP contribution in [0.4, 0.5) is 4.79 Å². The van der Waals surface area contributed by atoms with Gasteiger partial charge in [0, 0.05) is 13.0 Å². The first-order valence-electron chi connectivity index (χ1n) is 8.05. The Morgan fingerprint density at radius 3 is 2.17 bits per heavy atom. The first-order chi connectivity index (χ1) is 10.6. The molecule has 0 heterocycles. The molecule has 3 atom stereocenters. The van der Waals surface area contributed by atoms with E-state index in [1.54, 1.807) is 13.8 Å². The van der Waals surface area contributed by atoms with Crippen molar-refractivity contribution in [3.8, 4) is 0 Å². The summed E-state index contributed by atoms with van der Waals surface area (Å²) in [5.41, 5.74) is 0. The molecular formula is C16H29NO6. The number of alkyl carbamates (subject to hydrolysis) is 1. The van der Waals surface area contributed by atoms with Crippen LogP contribution in [0.25, 0.3) is 0 Å². The summed E-state index contributed by atoms with van der Waals surface area (Å²) in [6.45, 7) is 8.85. The van der Waals surface area contributed by atoms with E-state index in [1.807, 2.05) is 6.92 Å². The van der Waals surface area contributed by atoms with Gasteiger partial charge in [-0.05, 0) is 12.3 Å². The van der Waals surface area contributed by atoms with Crippen LogP contribution < -0.4 is 5.32 Å². The molecule has 23 heavy (non-hydrogen) atoms. The third-order valence-corrected chi connectivity index (χ3v) is 3.24. The van der Waals surface area contributed by atoms with E-state index < -0.39 is 30.4 Å². The average molecular weight is 331 g/mol. The predicted octanol–water partition coefficient (Wildman–Crippen LogP) is 2.93. The second-order valence-corrected chi connectivity index (χ2v) is 6.13. The van der Waals surface area contributed by atoms with Gasteiger partial charge in [0.25, 0.3) is 0 Å². The second kappa shape index (κ2) is 10.9. The quantitative estimate of drug-likeness (QED) is 0.471. The number of esters is 1. The van der Waals surface area contributed by atoms with Crippen LogP contribution >= 0.6 is 0 Å². The van der Waals surface area contributed by atoms with Crippen LogP contribution in [0.2, 0.25) is 0 Å². The first kappa shape index (κ1) is 21.2. The summed E-state index contributed by atoms with van der Waals surface area (Å²) >= 11 is 0. The molecule has 0 spiro atoms. The molecule has 0 aliphatic heterocycles. The van der Waals surface area contributed by atoms with Gasteiger partial charge in [-0.3, -0.25) is 9.59 Å². The van der Waals surface area contributed by atoms with Crippen LogP contribution in [0.1, 0.15) is 60.3 Å². The van der Waals surface area contributed by atoms with Gasteiger partial charge >= 0.3 is 18.0 Å². The average Bonchev–Trinajstić information content (AvgIpc) is 2.36. The zero-order chi connectivity index (χ0) is 18.0. The van der Waals surface area contributed by atoms with Crippen LogP contribution in [-0.2, 0) is 19.1 Å². The number of rotatable bonds is 10. The molecule has 0 fully saturated rings. The van der Waals surface area contributed by atoms with Gasteiger partial charge in [0.2, 0.25) is 6.29 Å². The van der Waals surface area contributed by atoms with Gasteiger partial charge in [-0.1, -0.05) is 40.5 Å². The van der Waals surface area contributed by atoms with Crippen LogP contribution in [-0.4, -0.2) is 35.5 Å². The van der Waals surface area contributed by atoms with Crippen LogP contribution in [0, 0.1) is 11.8 Å². The van der Waals surface area contributed by atoms with Crippen LogP contribution in [0.5, 0.6) is 0 Å². The molecule has 0 bridgehead atoms. The van der Waals surface area contributed by atoms with Gasteiger partial charge in [-0.15, -0.1) is 0 Å². The molecule has 7 nitrogen and oxygen atoms in total. The largest absolute Gasteiger partial charge is 0.481 e. The Labute approximate surface area is 137 Å². The third kappa shape index (κ3) is 10.5. The maximum atomic E-state index is 11.8. The minimum Gasteiger partial charge on any atom is -0.481 e. The van der Waals surface area contributed by atoms with Gasteiger partial charge < -0.3 is 19.9 Å². The molecular weight excluding hydrogens is 302 g/mol. The Morgan fingerprint density at radius 2 is 1.70 bits per heavy atom. The van der Waals surface area contributed by atoms with E-state index >= 15 is 0 Å². The number of carboxylic acids is 1. The molecule has 0 saturated heterocycles. The van der Waals surface area contributed by atoms with E-state index in [9.17, 15) is 14.4 Å². The van der Waals surface area contributed by atoms with Crippen molar-refractivity contribution in [3.05, 3.63) is 0 Å². The number of hydrogen-bond acceptors (Lipinski definition) is 5. The van der Waals surface area contributed by atoms with Gasteiger partial charge in [0.15, 0.2) is 0 Å². The zero-order valence-electron chi connectivity index (χ0n) is 14.6. The molecule has 0 aromatic carbocycles. The molecule has 0 aliphatic carbocycles. The number of carbonyl (C=O) groups excluding carboxylic acids is 2. The fourth-order valence-electron chi connectivity index (χ4n) is 2.18. The summed E-state index contributed by atoms with van der Waals surface area (Å²) < 4.78 is 9.87. The number of nitrogens with one attached hydrogen (secondary N) is 1. The van der Waals surface area contributed by atoms with Crippen molar-refractivity contribution >= 4 is 18.0 Å². The molecule has 2 unspecified atom stereocenters. The Kier molecular flexibility index (Phi) is 10.0. The van der Waals surface area contributed by atoms with Crippen molar-refractivity contribution in [2.75, 3.05) is 0 Å². The number of carboxylic acid groups (broad SMARTS) is 1. The summed E-state index contributed by atoms with van der Waals surface area (Å²) in [5, 5.41) is 11.5. The predicted molar refractivity (Wildman–Crippen MR) is 84.7 cm³/mol. The number of hydrogen-bond donors (Lipinski definition) is 2. The topological polar surface area (TPSA) is 102 Å².